The van der Waals surface area contributed by atoms with Crippen LogP contribution in [0.2, 0.25) is 0 Å². The van der Waals surface area contributed by atoms with Crippen LogP contribution in [-0.2, 0) is 0 Å². The third-order valence-electron chi connectivity index (χ3n) is 1.45. The summed E-state index contributed by atoms with van der Waals surface area (Å²) in [7, 11) is 0. The average Bonchev–Trinajstić information content (AvgIpc) is 2.13. The molecule has 2 nitrogen and oxygen atoms in total. The molecule has 0 spiro atoms. The fraction of sp³-hybridized carbons (Fsp3) is 0.571. The predicted molar refractivity (Wildman–Crippen MR) is 39.4 cm³/mol. The fourth-order valence-electron chi connectivity index (χ4n) is 0.940. The van der Waals surface area contributed by atoms with Gasteiger partial charge in [0.1, 0.15) is 0 Å². The Bertz CT molecular complexity index is 156. The summed E-state index contributed by atoms with van der Waals surface area (Å²) in [6, 6.07) is 0.0741. The van der Waals surface area contributed by atoms with E-state index in [9.17, 15) is 0 Å². The van der Waals surface area contributed by atoms with Crippen LogP contribution in [0.3, 0.4) is 0 Å². The van der Waals surface area contributed by atoms with Gasteiger partial charge in [0.05, 0.1) is 6.04 Å². The fourth-order valence-corrected chi connectivity index (χ4v) is 0.940. The Morgan fingerprint density at radius 1 is 1.67 bits per heavy atom. The Morgan fingerprint density at radius 2 is 2.33 bits per heavy atom. The molecule has 0 saturated heterocycles. The number of rotatable bonds is 1. The van der Waals surface area contributed by atoms with Gasteiger partial charge in [-0.2, -0.15) is 0 Å². The van der Waals surface area contributed by atoms with Gasteiger partial charge in [0, 0.05) is 11.9 Å². The molecule has 1 heterocycles. The monoisotopic (exact) mass is 124 g/mol. The van der Waals surface area contributed by atoms with Gasteiger partial charge in [0.25, 0.3) is 0 Å². The summed E-state index contributed by atoms with van der Waals surface area (Å²) < 4.78 is 0. The Labute approximate surface area is 55.5 Å². The first-order valence-electron chi connectivity index (χ1n) is 3.21. The van der Waals surface area contributed by atoms with Gasteiger partial charge < -0.3 is 5.73 Å². The van der Waals surface area contributed by atoms with Crippen molar-refractivity contribution in [3.05, 3.63) is 12.3 Å². The lowest BCUT2D eigenvalue weighted by Gasteiger charge is -2.08. The van der Waals surface area contributed by atoms with Crippen molar-refractivity contribution < 1.29 is 0 Å². The average molecular weight is 124 g/mol. The van der Waals surface area contributed by atoms with E-state index in [1.807, 2.05) is 6.08 Å². The van der Waals surface area contributed by atoms with Gasteiger partial charge in [-0.3, -0.25) is 4.99 Å². The van der Waals surface area contributed by atoms with Crippen LogP contribution in [0.25, 0.3) is 0 Å². The first-order chi connectivity index (χ1) is 4.22. The van der Waals surface area contributed by atoms with E-state index in [2.05, 4.69) is 18.8 Å². The Balaban J connectivity index is 2.64. The molecule has 1 rings (SSSR count). The summed E-state index contributed by atoms with van der Waals surface area (Å²) in [4.78, 5) is 4.13. The van der Waals surface area contributed by atoms with Gasteiger partial charge in [0.2, 0.25) is 0 Å². The topological polar surface area (TPSA) is 38.4 Å². The summed E-state index contributed by atoms with van der Waals surface area (Å²) in [6.45, 7) is 4.21. The number of aliphatic imine (C=N–C) groups is 1. The van der Waals surface area contributed by atoms with Crippen LogP contribution < -0.4 is 5.73 Å². The van der Waals surface area contributed by atoms with Crippen molar-refractivity contribution in [1.82, 2.24) is 0 Å². The van der Waals surface area contributed by atoms with E-state index in [0.29, 0.717) is 5.92 Å². The molecule has 0 radical (unpaired) electrons. The molecule has 1 aliphatic heterocycles. The first kappa shape index (κ1) is 6.49. The van der Waals surface area contributed by atoms with Crippen molar-refractivity contribution in [2.75, 3.05) is 0 Å². The zero-order valence-electron chi connectivity index (χ0n) is 5.83. The molecule has 0 fully saturated rings. The predicted octanol–water partition coefficient (Wildman–Crippen LogP) is 0.938. The number of hydrogen-bond donors (Lipinski definition) is 1. The van der Waals surface area contributed by atoms with Crippen LogP contribution in [-0.4, -0.2) is 11.8 Å². The van der Waals surface area contributed by atoms with Crippen LogP contribution >= 0.6 is 0 Å². The maximum absolute atomic E-state index is 5.66. The second kappa shape index (κ2) is 2.31. The minimum absolute atomic E-state index is 0.0741. The standard InChI is InChI=1S/C7H12N2/c1-5(2)7-6(8)3-4-9-7/h3-6H,8H2,1-2H3/t6-/m0/s1. The number of nitrogens with zero attached hydrogens (tertiary/aromatic N) is 1. The van der Waals surface area contributed by atoms with E-state index in [4.69, 9.17) is 5.73 Å². The molecule has 0 aliphatic carbocycles. The largest absolute Gasteiger partial charge is 0.320 e. The van der Waals surface area contributed by atoms with Crippen LogP contribution in [0.15, 0.2) is 17.3 Å². The quantitative estimate of drug-likeness (QED) is 0.555. The molecule has 0 aromatic heterocycles. The van der Waals surface area contributed by atoms with Gasteiger partial charge in [-0.15, -0.1) is 0 Å². The second-order valence-electron chi connectivity index (χ2n) is 2.58. The van der Waals surface area contributed by atoms with Gasteiger partial charge in [-0.1, -0.05) is 13.8 Å². The molecule has 0 bridgehead atoms. The zero-order valence-corrected chi connectivity index (χ0v) is 5.83. The summed E-state index contributed by atoms with van der Waals surface area (Å²) in [5.74, 6) is 0.481. The van der Waals surface area contributed by atoms with Crippen molar-refractivity contribution in [3.8, 4) is 0 Å². The molecular formula is C7H12N2. The maximum Gasteiger partial charge on any atom is 0.0636 e. The molecule has 9 heavy (non-hydrogen) atoms. The maximum atomic E-state index is 5.66. The lowest BCUT2D eigenvalue weighted by Crippen LogP contribution is -2.29. The van der Waals surface area contributed by atoms with E-state index in [1.54, 1.807) is 6.20 Å². The minimum Gasteiger partial charge on any atom is -0.320 e. The highest BCUT2D eigenvalue weighted by Gasteiger charge is 2.14. The van der Waals surface area contributed by atoms with Crippen LogP contribution in [0, 0.1) is 5.92 Å². The van der Waals surface area contributed by atoms with Crippen molar-refractivity contribution in [3.63, 3.8) is 0 Å². The summed E-state index contributed by atoms with van der Waals surface area (Å²) in [5.41, 5.74) is 6.75. The molecule has 1 aliphatic rings. The number of hydrogen-bond acceptors (Lipinski definition) is 2. The second-order valence-corrected chi connectivity index (χ2v) is 2.58. The Morgan fingerprint density at radius 3 is 2.56 bits per heavy atom. The molecule has 0 aromatic carbocycles. The van der Waals surface area contributed by atoms with Crippen molar-refractivity contribution in [2.24, 2.45) is 16.6 Å². The van der Waals surface area contributed by atoms with E-state index in [1.165, 1.54) is 0 Å². The van der Waals surface area contributed by atoms with E-state index < -0.39 is 0 Å². The lowest BCUT2D eigenvalue weighted by atomic mass is 10.0. The molecule has 50 valence electrons. The van der Waals surface area contributed by atoms with E-state index in [0.717, 1.165) is 5.71 Å². The van der Waals surface area contributed by atoms with Crippen molar-refractivity contribution in [1.29, 1.82) is 0 Å². The molecule has 0 unspecified atom stereocenters. The van der Waals surface area contributed by atoms with E-state index in [-0.39, 0.29) is 6.04 Å². The third kappa shape index (κ3) is 1.19. The minimum atomic E-state index is 0.0741. The molecule has 0 amide bonds. The smallest absolute Gasteiger partial charge is 0.0636 e. The van der Waals surface area contributed by atoms with Gasteiger partial charge in [-0.05, 0) is 12.0 Å². The summed E-state index contributed by atoms with van der Waals surface area (Å²) in [5, 5.41) is 0. The van der Waals surface area contributed by atoms with Gasteiger partial charge in [-0.25, -0.2) is 0 Å². The van der Waals surface area contributed by atoms with Crippen LogP contribution in [0.4, 0.5) is 0 Å². The van der Waals surface area contributed by atoms with E-state index >= 15 is 0 Å². The Kier molecular flexibility index (Phi) is 1.67. The number of nitrogens with two attached hydrogens (primary N) is 1. The SMILES string of the molecule is CC(C)C1=NC=C[C@@H]1N. The zero-order chi connectivity index (χ0) is 6.85. The van der Waals surface area contributed by atoms with Crippen LogP contribution in [0.5, 0.6) is 0 Å². The highest BCUT2D eigenvalue weighted by molar-refractivity contribution is 5.94. The normalized spacial score (nSPS) is 25.3. The molecule has 2 heteroatoms. The third-order valence-corrected chi connectivity index (χ3v) is 1.45. The Hall–Kier alpha value is -0.630. The highest BCUT2D eigenvalue weighted by atomic mass is 14.8. The molecule has 0 aromatic rings. The summed E-state index contributed by atoms with van der Waals surface area (Å²) >= 11 is 0. The highest BCUT2D eigenvalue weighted by Crippen LogP contribution is 2.07. The van der Waals surface area contributed by atoms with Crippen LogP contribution in [0.1, 0.15) is 13.8 Å². The van der Waals surface area contributed by atoms with Gasteiger partial charge in [0.15, 0.2) is 0 Å². The molecule has 1 atom stereocenters. The lowest BCUT2D eigenvalue weighted by molar-refractivity contribution is 0.844. The van der Waals surface area contributed by atoms with Gasteiger partial charge >= 0.3 is 0 Å². The van der Waals surface area contributed by atoms with Crippen molar-refractivity contribution >= 4 is 5.71 Å². The first-order valence-corrected chi connectivity index (χ1v) is 3.21. The summed E-state index contributed by atoms with van der Waals surface area (Å²) in [6.07, 6.45) is 3.69. The van der Waals surface area contributed by atoms with Crippen molar-refractivity contribution in [2.45, 2.75) is 19.9 Å². The molecule has 0 saturated carbocycles. The molecule has 2 N–H and O–H groups in total. The molecular weight excluding hydrogens is 112 g/mol.